The molecule has 96 valence electrons. The van der Waals surface area contributed by atoms with Crippen LogP contribution in [-0.2, 0) is 0 Å². The molecular weight excluding hydrogens is 228 g/mol. The van der Waals surface area contributed by atoms with Crippen molar-refractivity contribution in [3.8, 4) is 0 Å². The van der Waals surface area contributed by atoms with Gasteiger partial charge in [0.1, 0.15) is 0 Å². The molecule has 2 heteroatoms. The van der Waals surface area contributed by atoms with Gasteiger partial charge in [0.15, 0.2) is 0 Å². The average molecular weight is 252 g/mol. The molecule has 0 aliphatic carbocycles. The van der Waals surface area contributed by atoms with E-state index in [9.17, 15) is 5.11 Å². The van der Waals surface area contributed by atoms with Gasteiger partial charge in [0.25, 0.3) is 0 Å². The Kier molecular flexibility index (Phi) is 6.68. The molecule has 1 N–H and O–H groups in total. The minimum Gasteiger partial charge on any atom is -0.392 e. The highest BCUT2D eigenvalue weighted by molar-refractivity contribution is 7.99. The van der Waals surface area contributed by atoms with E-state index in [1.54, 1.807) is 11.8 Å². The SMILES string of the molecule is CCC(CC)CC(O)CSc1ccc(C)cc1. The summed E-state index contributed by atoms with van der Waals surface area (Å²) in [6.07, 6.45) is 3.10. The molecule has 0 heterocycles. The molecule has 0 saturated carbocycles. The molecule has 0 bridgehead atoms. The number of rotatable bonds is 7. The minimum absolute atomic E-state index is 0.175. The van der Waals surface area contributed by atoms with Gasteiger partial charge < -0.3 is 5.11 Å². The van der Waals surface area contributed by atoms with Crippen LogP contribution in [0.1, 0.15) is 38.7 Å². The Labute approximate surface area is 110 Å². The number of thioether (sulfide) groups is 1. The van der Waals surface area contributed by atoms with Crippen molar-refractivity contribution in [1.82, 2.24) is 0 Å². The molecular formula is C15H24OS. The van der Waals surface area contributed by atoms with Crippen LogP contribution in [-0.4, -0.2) is 17.0 Å². The Morgan fingerprint density at radius 1 is 1.12 bits per heavy atom. The van der Waals surface area contributed by atoms with Crippen molar-refractivity contribution in [2.24, 2.45) is 5.92 Å². The maximum absolute atomic E-state index is 9.98. The molecule has 1 rings (SSSR count). The summed E-state index contributed by atoms with van der Waals surface area (Å²) in [5.74, 6) is 1.48. The predicted octanol–water partition coefficient (Wildman–Crippen LogP) is 4.27. The van der Waals surface area contributed by atoms with Crippen LogP contribution in [0.15, 0.2) is 29.2 Å². The van der Waals surface area contributed by atoms with Crippen LogP contribution >= 0.6 is 11.8 Å². The third-order valence-corrected chi connectivity index (χ3v) is 4.38. The van der Waals surface area contributed by atoms with Crippen LogP contribution < -0.4 is 0 Å². The van der Waals surface area contributed by atoms with Crippen molar-refractivity contribution in [3.05, 3.63) is 29.8 Å². The van der Waals surface area contributed by atoms with E-state index in [2.05, 4.69) is 45.0 Å². The highest BCUT2D eigenvalue weighted by Gasteiger charge is 2.11. The van der Waals surface area contributed by atoms with Gasteiger partial charge in [-0.25, -0.2) is 0 Å². The molecule has 0 aromatic heterocycles. The standard InChI is InChI=1S/C15H24OS/c1-4-13(5-2)10-14(16)11-17-15-8-6-12(3)7-9-15/h6-9,13-14,16H,4-5,10-11H2,1-3H3. The second-order valence-electron chi connectivity index (χ2n) is 4.70. The van der Waals surface area contributed by atoms with Gasteiger partial charge in [0, 0.05) is 10.6 Å². The van der Waals surface area contributed by atoms with E-state index >= 15 is 0 Å². The van der Waals surface area contributed by atoms with Crippen LogP contribution in [0.5, 0.6) is 0 Å². The fraction of sp³-hybridized carbons (Fsp3) is 0.600. The van der Waals surface area contributed by atoms with Gasteiger partial charge in [0.2, 0.25) is 0 Å². The zero-order valence-corrected chi connectivity index (χ0v) is 12.0. The molecule has 1 nitrogen and oxygen atoms in total. The van der Waals surface area contributed by atoms with Crippen molar-refractivity contribution in [3.63, 3.8) is 0 Å². The lowest BCUT2D eigenvalue weighted by Gasteiger charge is -2.17. The Hall–Kier alpha value is -0.470. The van der Waals surface area contributed by atoms with Crippen molar-refractivity contribution in [2.75, 3.05) is 5.75 Å². The van der Waals surface area contributed by atoms with Crippen molar-refractivity contribution >= 4 is 11.8 Å². The molecule has 0 amide bonds. The maximum atomic E-state index is 9.98. The molecule has 0 aliphatic heterocycles. The second-order valence-corrected chi connectivity index (χ2v) is 5.79. The third kappa shape index (κ3) is 5.60. The summed E-state index contributed by atoms with van der Waals surface area (Å²) in [5.41, 5.74) is 1.28. The molecule has 0 spiro atoms. The first-order valence-electron chi connectivity index (χ1n) is 6.53. The Balaban J connectivity index is 2.32. The first kappa shape index (κ1) is 14.6. The van der Waals surface area contributed by atoms with Crippen LogP contribution in [0.4, 0.5) is 0 Å². The lowest BCUT2D eigenvalue weighted by atomic mass is 9.97. The summed E-state index contributed by atoms with van der Waals surface area (Å²) in [6.45, 7) is 6.50. The van der Waals surface area contributed by atoms with Crippen molar-refractivity contribution < 1.29 is 5.11 Å². The summed E-state index contributed by atoms with van der Waals surface area (Å²) in [6, 6.07) is 8.50. The molecule has 0 saturated heterocycles. The van der Waals surface area contributed by atoms with Crippen LogP contribution in [0.3, 0.4) is 0 Å². The van der Waals surface area contributed by atoms with Crippen molar-refractivity contribution in [2.45, 2.75) is 51.0 Å². The zero-order chi connectivity index (χ0) is 12.7. The Morgan fingerprint density at radius 2 is 1.71 bits per heavy atom. The molecule has 1 unspecified atom stereocenters. The van der Waals surface area contributed by atoms with Gasteiger partial charge in [-0.1, -0.05) is 44.4 Å². The van der Waals surface area contributed by atoms with E-state index in [0.717, 1.165) is 12.2 Å². The number of hydrogen-bond donors (Lipinski definition) is 1. The quantitative estimate of drug-likeness (QED) is 0.731. The van der Waals surface area contributed by atoms with E-state index in [1.807, 2.05) is 0 Å². The molecule has 0 radical (unpaired) electrons. The largest absolute Gasteiger partial charge is 0.392 e. The summed E-state index contributed by atoms with van der Waals surface area (Å²) in [7, 11) is 0. The lowest BCUT2D eigenvalue weighted by Crippen LogP contribution is -2.15. The van der Waals surface area contributed by atoms with Gasteiger partial charge in [-0.15, -0.1) is 11.8 Å². The van der Waals surface area contributed by atoms with Gasteiger partial charge in [-0.2, -0.15) is 0 Å². The van der Waals surface area contributed by atoms with Crippen molar-refractivity contribution in [1.29, 1.82) is 0 Å². The van der Waals surface area contributed by atoms with E-state index < -0.39 is 0 Å². The summed E-state index contributed by atoms with van der Waals surface area (Å²) >= 11 is 1.75. The fourth-order valence-electron chi connectivity index (χ4n) is 1.90. The third-order valence-electron chi connectivity index (χ3n) is 3.22. The summed E-state index contributed by atoms with van der Waals surface area (Å²) in [5, 5.41) is 9.98. The molecule has 17 heavy (non-hydrogen) atoms. The average Bonchev–Trinajstić information content (AvgIpc) is 2.35. The summed E-state index contributed by atoms with van der Waals surface area (Å²) < 4.78 is 0. The number of aliphatic hydroxyl groups excluding tert-OH is 1. The number of aliphatic hydroxyl groups is 1. The number of benzene rings is 1. The fourth-order valence-corrected chi connectivity index (χ4v) is 2.75. The first-order chi connectivity index (χ1) is 8.15. The second kappa shape index (κ2) is 7.78. The zero-order valence-electron chi connectivity index (χ0n) is 11.1. The highest BCUT2D eigenvalue weighted by Crippen LogP contribution is 2.22. The molecule has 0 aliphatic rings. The number of hydrogen-bond acceptors (Lipinski definition) is 2. The molecule has 0 fully saturated rings. The van der Waals surface area contributed by atoms with Gasteiger partial charge in [-0.05, 0) is 31.4 Å². The van der Waals surface area contributed by atoms with Gasteiger partial charge in [0.05, 0.1) is 6.10 Å². The lowest BCUT2D eigenvalue weighted by molar-refractivity contribution is 0.161. The first-order valence-corrected chi connectivity index (χ1v) is 7.51. The van der Waals surface area contributed by atoms with E-state index in [0.29, 0.717) is 5.92 Å². The van der Waals surface area contributed by atoms with Crippen LogP contribution in [0, 0.1) is 12.8 Å². The van der Waals surface area contributed by atoms with Crippen LogP contribution in [0.2, 0.25) is 0 Å². The summed E-state index contributed by atoms with van der Waals surface area (Å²) in [4.78, 5) is 1.25. The van der Waals surface area contributed by atoms with Crippen LogP contribution in [0.25, 0.3) is 0 Å². The van der Waals surface area contributed by atoms with E-state index in [-0.39, 0.29) is 6.10 Å². The monoisotopic (exact) mass is 252 g/mol. The molecule has 1 aromatic carbocycles. The normalized spacial score (nSPS) is 13.0. The maximum Gasteiger partial charge on any atom is 0.0636 e. The molecule has 1 aromatic rings. The van der Waals surface area contributed by atoms with E-state index in [1.165, 1.54) is 23.3 Å². The highest BCUT2D eigenvalue weighted by atomic mass is 32.2. The molecule has 1 atom stereocenters. The smallest absolute Gasteiger partial charge is 0.0636 e. The van der Waals surface area contributed by atoms with Gasteiger partial charge >= 0.3 is 0 Å². The predicted molar refractivity (Wildman–Crippen MR) is 76.6 cm³/mol. The number of aryl methyl sites for hydroxylation is 1. The van der Waals surface area contributed by atoms with Gasteiger partial charge in [-0.3, -0.25) is 0 Å². The Bertz CT molecular complexity index is 303. The topological polar surface area (TPSA) is 20.2 Å². The minimum atomic E-state index is -0.175. The Morgan fingerprint density at radius 3 is 2.24 bits per heavy atom. The van der Waals surface area contributed by atoms with E-state index in [4.69, 9.17) is 0 Å².